The molecule has 1 aromatic rings. The fourth-order valence-corrected chi connectivity index (χ4v) is 1.53. The SMILES string of the molecule is CCCc1cc(C(=O)O)cc(NCC(C)CO)n1. The standard InChI is InChI=1S/C13H20N2O3/c1-3-4-11-5-10(13(17)18)6-12(15-11)14-7-9(2)8-16/h5-6,9,16H,3-4,7-8H2,1-2H3,(H,14,15)(H,17,18). The lowest BCUT2D eigenvalue weighted by atomic mass is 10.1. The van der Waals surface area contributed by atoms with E-state index < -0.39 is 5.97 Å². The molecule has 0 fully saturated rings. The average molecular weight is 252 g/mol. The molecule has 1 aromatic heterocycles. The molecule has 0 spiro atoms. The van der Waals surface area contributed by atoms with Gasteiger partial charge in [0.1, 0.15) is 5.82 Å². The van der Waals surface area contributed by atoms with E-state index in [1.54, 1.807) is 6.07 Å². The summed E-state index contributed by atoms with van der Waals surface area (Å²) in [7, 11) is 0. The van der Waals surface area contributed by atoms with Crippen molar-refractivity contribution in [3.8, 4) is 0 Å². The molecular formula is C13H20N2O3. The van der Waals surface area contributed by atoms with Crippen LogP contribution in [0.25, 0.3) is 0 Å². The number of aryl methyl sites for hydroxylation is 1. The number of aromatic carboxylic acids is 1. The Balaban J connectivity index is 2.85. The third-order valence-electron chi connectivity index (χ3n) is 2.57. The van der Waals surface area contributed by atoms with Crippen molar-refractivity contribution >= 4 is 11.8 Å². The number of carboxylic acid groups (broad SMARTS) is 1. The molecule has 3 N–H and O–H groups in total. The van der Waals surface area contributed by atoms with Crippen molar-refractivity contribution in [2.75, 3.05) is 18.5 Å². The molecule has 0 saturated carbocycles. The lowest BCUT2D eigenvalue weighted by Gasteiger charge is -2.12. The zero-order chi connectivity index (χ0) is 13.5. The van der Waals surface area contributed by atoms with Crippen LogP contribution in [0.2, 0.25) is 0 Å². The van der Waals surface area contributed by atoms with Gasteiger partial charge in [0.2, 0.25) is 0 Å². The maximum absolute atomic E-state index is 11.0. The van der Waals surface area contributed by atoms with Gasteiger partial charge in [0.15, 0.2) is 0 Å². The summed E-state index contributed by atoms with van der Waals surface area (Å²) in [5, 5.41) is 21.0. The monoisotopic (exact) mass is 252 g/mol. The summed E-state index contributed by atoms with van der Waals surface area (Å²) in [5.74, 6) is -0.290. The summed E-state index contributed by atoms with van der Waals surface area (Å²) in [4.78, 5) is 15.4. The summed E-state index contributed by atoms with van der Waals surface area (Å²) in [6.07, 6.45) is 1.67. The Bertz CT molecular complexity index is 407. The Labute approximate surface area is 107 Å². The molecule has 1 rings (SSSR count). The molecule has 0 saturated heterocycles. The third kappa shape index (κ3) is 4.33. The number of nitrogens with zero attached hydrogens (tertiary/aromatic N) is 1. The number of carbonyl (C=O) groups is 1. The van der Waals surface area contributed by atoms with E-state index in [0.29, 0.717) is 12.4 Å². The van der Waals surface area contributed by atoms with Gasteiger partial charge in [-0.05, 0) is 24.5 Å². The van der Waals surface area contributed by atoms with Gasteiger partial charge in [-0.3, -0.25) is 0 Å². The molecule has 5 nitrogen and oxygen atoms in total. The van der Waals surface area contributed by atoms with Crippen molar-refractivity contribution in [2.24, 2.45) is 5.92 Å². The van der Waals surface area contributed by atoms with Crippen molar-refractivity contribution in [1.29, 1.82) is 0 Å². The molecule has 1 unspecified atom stereocenters. The zero-order valence-corrected chi connectivity index (χ0v) is 10.8. The molecule has 1 atom stereocenters. The van der Waals surface area contributed by atoms with E-state index in [9.17, 15) is 4.79 Å². The third-order valence-corrected chi connectivity index (χ3v) is 2.57. The Hall–Kier alpha value is -1.62. The number of nitrogens with one attached hydrogen (secondary N) is 1. The molecule has 1 heterocycles. The fraction of sp³-hybridized carbons (Fsp3) is 0.538. The second-order valence-corrected chi connectivity index (χ2v) is 4.46. The maximum Gasteiger partial charge on any atom is 0.335 e. The van der Waals surface area contributed by atoms with Crippen molar-refractivity contribution < 1.29 is 15.0 Å². The second kappa shape index (κ2) is 6.96. The highest BCUT2D eigenvalue weighted by Crippen LogP contribution is 2.13. The van der Waals surface area contributed by atoms with Crippen LogP contribution in [-0.2, 0) is 6.42 Å². The van der Waals surface area contributed by atoms with Crippen molar-refractivity contribution in [1.82, 2.24) is 4.98 Å². The quantitative estimate of drug-likeness (QED) is 0.689. The van der Waals surface area contributed by atoms with Gasteiger partial charge in [0.05, 0.1) is 5.56 Å². The zero-order valence-electron chi connectivity index (χ0n) is 10.8. The number of aromatic nitrogens is 1. The summed E-state index contributed by atoms with van der Waals surface area (Å²) in [5.41, 5.74) is 1.02. The van der Waals surface area contributed by atoms with E-state index in [0.717, 1.165) is 18.5 Å². The molecule has 0 aromatic carbocycles. The van der Waals surface area contributed by atoms with Gasteiger partial charge < -0.3 is 15.5 Å². The number of anilines is 1. The van der Waals surface area contributed by atoms with Gasteiger partial charge in [-0.25, -0.2) is 9.78 Å². The molecule has 100 valence electrons. The van der Waals surface area contributed by atoms with Crippen LogP contribution in [0.15, 0.2) is 12.1 Å². The van der Waals surface area contributed by atoms with E-state index in [2.05, 4.69) is 10.3 Å². The highest BCUT2D eigenvalue weighted by molar-refractivity contribution is 5.88. The van der Waals surface area contributed by atoms with Gasteiger partial charge in [-0.2, -0.15) is 0 Å². The van der Waals surface area contributed by atoms with Crippen molar-refractivity contribution in [3.05, 3.63) is 23.4 Å². The highest BCUT2D eigenvalue weighted by Gasteiger charge is 2.09. The number of hydrogen-bond donors (Lipinski definition) is 3. The minimum absolute atomic E-state index is 0.0907. The Morgan fingerprint density at radius 2 is 2.22 bits per heavy atom. The molecule has 5 heteroatoms. The average Bonchev–Trinajstić information content (AvgIpc) is 2.36. The van der Waals surface area contributed by atoms with E-state index in [4.69, 9.17) is 10.2 Å². The van der Waals surface area contributed by atoms with Gasteiger partial charge in [0.25, 0.3) is 0 Å². The Morgan fingerprint density at radius 1 is 1.50 bits per heavy atom. The van der Waals surface area contributed by atoms with E-state index in [1.165, 1.54) is 6.07 Å². The van der Waals surface area contributed by atoms with Gasteiger partial charge in [-0.1, -0.05) is 20.3 Å². The molecule has 0 amide bonds. The molecule has 0 aliphatic heterocycles. The number of hydrogen-bond acceptors (Lipinski definition) is 4. The molecule has 0 radical (unpaired) electrons. The van der Waals surface area contributed by atoms with Gasteiger partial charge >= 0.3 is 5.97 Å². The number of aliphatic hydroxyl groups excluding tert-OH is 1. The summed E-state index contributed by atoms with van der Waals surface area (Å²) in [6.45, 7) is 4.59. The number of pyridine rings is 1. The van der Waals surface area contributed by atoms with Gasteiger partial charge in [0, 0.05) is 18.8 Å². The number of aliphatic hydroxyl groups is 1. The van der Waals surface area contributed by atoms with Crippen LogP contribution < -0.4 is 5.32 Å². The predicted octanol–water partition coefficient (Wildman–Crippen LogP) is 1.77. The smallest absolute Gasteiger partial charge is 0.335 e. The molecule has 0 bridgehead atoms. The van der Waals surface area contributed by atoms with Crippen LogP contribution in [-0.4, -0.2) is 34.3 Å². The minimum Gasteiger partial charge on any atom is -0.478 e. The summed E-state index contributed by atoms with van der Waals surface area (Å²) < 4.78 is 0. The van der Waals surface area contributed by atoms with Crippen LogP contribution in [0.4, 0.5) is 5.82 Å². The van der Waals surface area contributed by atoms with Crippen LogP contribution in [0, 0.1) is 5.92 Å². The summed E-state index contributed by atoms with van der Waals surface area (Å²) in [6, 6.07) is 3.12. The van der Waals surface area contributed by atoms with Crippen LogP contribution in [0.1, 0.15) is 36.3 Å². The lowest BCUT2D eigenvalue weighted by Crippen LogP contribution is -2.16. The fourth-order valence-electron chi connectivity index (χ4n) is 1.53. The Morgan fingerprint density at radius 3 is 2.78 bits per heavy atom. The first-order valence-electron chi connectivity index (χ1n) is 6.15. The maximum atomic E-state index is 11.0. The van der Waals surface area contributed by atoms with Crippen molar-refractivity contribution in [3.63, 3.8) is 0 Å². The van der Waals surface area contributed by atoms with Crippen molar-refractivity contribution in [2.45, 2.75) is 26.7 Å². The normalized spacial score (nSPS) is 12.2. The topological polar surface area (TPSA) is 82.5 Å². The molecular weight excluding hydrogens is 232 g/mol. The lowest BCUT2D eigenvalue weighted by molar-refractivity contribution is 0.0696. The summed E-state index contributed by atoms with van der Waals surface area (Å²) >= 11 is 0. The predicted molar refractivity (Wildman–Crippen MR) is 69.9 cm³/mol. The molecule has 0 aliphatic carbocycles. The second-order valence-electron chi connectivity index (χ2n) is 4.46. The van der Waals surface area contributed by atoms with Gasteiger partial charge in [-0.15, -0.1) is 0 Å². The van der Waals surface area contributed by atoms with E-state index in [-0.39, 0.29) is 18.1 Å². The van der Waals surface area contributed by atoms with Crippen LogP contribution in [0.5, 0.6) is 0 Å². The van der Waals surface area contributed by atoms with E-state index >= 15 is 0 Å². The molecule has 18 heavy (non-hydrogen) atoms. The highest BCUT2D eigenvalue weighted by atomic mass is 16.4. The largest absolute Gasteiger partial charge is 0.478 e. The first-order valence-corrected chi connectivity index (χ1v) is 6.15. The first kappa shape index (κ1) is 14.4. The number of carboxylic acids is 1. The van der Waals surface area contributed by atoms with Crippen LogP contribution in [0.3, 0.4) is 0 Å². The number of rotatable bonds is 7. The Kier molecular flexibility index (Phi) is 5.58. The van der Waals surface area contributed by atoms with E-state index in [1.807, 2.05) is 13.8 Å². The van der Waals surface area contributed by atoms with Crippen LogP contribution >= 0.6 is 0 Å². The minimum atomic E-state index is -0.951. The molecule has 0 aliphatic rings. The first-order chi connectivity index (χ1) is 8.56.